The van der Waals surface area contributed by atoms with Crippen LogP contribution in [0.1, 0.15) is 51.5 Å². The molecule has 4 aliphatic carbocycles. The van der Waals surface area contributed by atoms with E-state index in [2.05, 4.69) is 15.5 Å². The molecule has 158 valence electrons. The Morgan fingerprint density at radius 3 is 2.33 bits per heavy atom. The maximum absolute atomic E-state index is 13.4. The highest BCUT2D eigenvalue weighted by Gasteiger charge is 2.58. The van der Waals surface area contributed by atoms with Gasteiger partial charge in [-0.3, -0.25) is 14.7 Å². The van der Waals surface area contributed by atoms with Crippen LogP contribution in [-0.2, 0) is 15.0 Å². The van der Waals surface area contributed by atoms with Crippen LogP contribution in [-0.4, -0.2) is 28.1 Å². The molecule has 6 heteroatoms. The highest BCUT2D eigenvalue weighted by atomic mass is 16.2. The molecule has 2 amide bonds. The number of amides is 2. The number of carbonyl (C=O) groups is 2. The topological polar surface area (TPSA) is 101 Å². The Bertz CT molecular complexity index is 948. The quantitative estimate of drug-likeness (QED) is 0.711. The minimum Gasteiger partial charge on any atom is -0.369 e. The molecular formula is C24H30N4O2. The highest BCUT2D eigenvalue weighted by Crippen LogP contribution is 2.60. The molecule has 2 aromatic rings. The van der Waals surface area contributed by atoms with E-state index >= 15 is 0 Å². The van der Waals surface area contributed by atoms with Gasteiger partial charge in [0.25, 0.3) is 0 Å². The van der Waals surface area contributed by atoms with Crippen LogP contribution < -0.4 is 11.1 Å². The van der Waals surface area contributed by atoms with E-state index in [0.717, 1.165) is 48.8 Å². The van der Waals surface area contributed by atoms with E-state index in [1.807, 2.05) is 44.3 Å². The average molecular weight is 407 g/mol. The van der Waals surface area contributed by atoms with Gasteiger partial charge < -0.3 is 11.1 Å². The molecule has 6 nitrogen and oxygen atoms in total. The van der Waals surface area contributed by atoms with Gasteiger partial charge in [0.1, 0.15) is 0 Å². The molecular weight excluding hydrogens is 376 g/mol. The first kappa shape index (κ1) is 19.3. The lowest BCUT2D eigenvalue weighted by Gasteiger charge is -2.59. The predicted octanol–water partition coefficient (Wildman–Crippen LogP) is 3.15. The molecule has 4 saturated carbocycles. The summed E-state index contributed by atoms with van der Waals surface area (Å²) in [7, 11) is 0. The first-order valence-electron chi connectivity index (χ1n) is 11.0. The fraction of sp³-hybridized carbons (Fsp3) is 0.542. The fourth-order valence-electron chi connectivity index (χ4n) is 6.51. The van der Waals surface area contributed by atoms with E-state index in [0.29, 0.717) is 17.8 Å². The van der Waals surface area contributed by atoms with E-state index in [4.69, 9.17) is 5.73 Å². The zero-order chi connectivity index (χ0) is 21.1. The second-order valence-electron chi connectivity index (χ2n) is 10.3. The van der Waals surface area contributed by atoms with Gasteiger partial charge in [0, 0.05) is 23.2 Å². The second-order valence-corrected chi connectivity index (χ2v) is 10.3. The molecule has 4 N–H and O–H groups in total. The fourth-order valence-corrected chi connectivity index (χ4v) is 6.51. The Labute approximate surface area is 177 Å². The molecule has 6 rings (SSSR count). The van der Waals surface area contributed by atoms with Crippen LogP contribution in [0.4, 0.5) is 0 Å². The normalized spacial score (nSPS) is 32.2. The number of aromatic amines is 1. The summed E-state index contributed by atoms with van der Waals surface area (Å²) < 4.78 is 0. The van der Waals surface area contributed by atoms with E-state index in [-0.39, 0.29) is 23.3 Å². The Morgan fingerprint density at radius 1 is 1.10 bits per heavy atom. The van der Waals surface area contributed by atoms with Gasteiger partial charge in [-0.05, 0) is 74.8 Å². The average Bonchev–Trinajstić information content (AvgIpc) is 3.25. The van der Waals surface area contributed by atoms with Gasteiger partial charge in [-0.2, -0.15) is 5.10 Å². The van der Waals surface area contributed by atoms with Crippen molar-refractivity contribution >= 4 is 11.8 Å². The minimum atomic E-state index is -0.634. The van der Waals surface area contributed by atoms with Crippen LogP contribution in [0.15, 0.2) is 36.7 Å². The second kappa shape index (κ2) is 6.69. The van der Waals surface area contributed by atoms with Gasteiger partial charge in [0.2, 0.25) is 11.8 Å². The van der Waals surface area contributed by atoms with Crippen molar-refractivity contribution < 1.29 is 9.59 Å². The molecule has 0 spiro atoms. The highest BCUT2D eigenvalue weighted by molar-refractivity contribution is 5.88. The van der Waals surface area contributed by atoms with Crippen LogP contribution in [0.5, 0.6) is 0 Å². The Morgan fingerprint density at radius 2 is 1.77 bits per heavy atom. The van der Waals surface area contributed by atoms with Crippen molar-refractivity contribution in [1.29, 1.82) is 0 Å². The molecule has 1 heterocycles. The monoisotopic (exact) mass is 406 g/mol. The van der Waals surface area contributed by atoms with Gasteiger partial charge in [-0.25, -0.2) is 0 Å². The number of aromatic nitrogens is 2. The van der Waals surface area contributed by atoms with Gasteiger partial charge in [0.15, 0.2) is 0 Å². The number of benzene rings is 1. The summed E-state index contributed by atoms with van der Waals surface area (Å²) in [6, 6.07) is 8.29. The maximum atomic E-state index is 13.4. The summed E-state index contributed by atoms with van der Waals surface area (Å²) in [6.45, 7) is 3.96. The van der Waals surface area contributed by atoms with Crippen molar-refractivity contribution in [3.8, 4) is 11.1 Å². The van der Waals surface area contributed by atoms with Crippen LogP contribution in [0, 0.1) is 23.2 Å². The van der Waals surface area contributed by atoms with Gasteiger partial charge in [-0.15, -0.1) is 0 Å². The SMILES string of the molecule is CC(C)(C(=O)NC1C2CC3CC1CC(C(N)=O)(C3)C2)c1ccc(-c2cn[nH]c2)cc1. The van der Waals surface area contributed by atoms with E-state index < -0.39 is 5.41 Å². The number of hydrogen-bond acceptors (Lipinski definition) is 3. The minimum absolute atomic E-state index is 0.0594. The smallest absolute Gasteiger partial charge is 0.230 e. The summed E-state index contributed by atoms with van der Waals surface area (Å²) in [6.07, 6.45) is 8.48. The number of rotatable bonds is 5. The molecule has 0 aliphatic heterocycles. The molecule has 1 aromatic heterocycles. The van der Waals surface area contributed by atoms with Gasteiger partial charge in [-0.1, -0.05) is 24.3 Å². The van der Waals surface area contributed by atoms with Crippen molar-refractivity contribution in [1.82, 2.24) is 15.5 Å². The molecule has 0 radical (unpaired) electrons. The third kappa shape index (κ3) is 2.96. The van der Waals surface area contributed by atoms with Crippen molar-refractivity contribution in [2.24, 2.45) is 28.9 Å². The molecule has 4 bridgehead atoms. The lowest BCUT2D eigenvalue weighted by Crippen LogP contribution is -2.63. The van der Waals surface area contributed by atoms with Crippen LogP contribution in [0.25, 0.3) is 11.1 Å². The van der Waals surface area contributed by atoms with E-state index in [9.17, 15) is 9.59 Å². The number of hydrogen-bond donors (Lipinski definition) is 3. The van der Waals surface area contributed by atoms with Crippen molar-refractivity contribution in [2.45, 2.75) is 57.4 Å². The number of carbonyl (C=O) groups excluding carboxylic acids is 2. The molecule has 2 atom stereocenters. The Hall–Kier alpha value is -2.63. The lowest BCUT2D eigenvalue weighted by atomic mass is 9.47. The van der Waals surface area contributed by atoms with Crippen LogP contribution in [0.2, 0.25) is 0 Å². The third-order valence-electron chi connectivity index (χ3n) is 8.10. The number of nitrogens with zero attached hydrogens (tertiary/aromatic N) is 1. The number of nitrogens with one attached hydrogen (secondary N) is 2. The van der Waals surface area contributed by atoms with E-state index in [1.54, 1.807) is 6.20 Å². The number of nitrogens with two attached hydrogens (primary N) is 1. The summed E-state index contributed by atoms with van der Waals surface area (Å²) in [5, 5.41) is 10.2. The molecule has 2 unspecified atom stereocenters. The summed E-state index contributed by atoms with van der Waals surface area (Å²) in [5.74, 6) is 1.25. The zero-order valence-electron chi connectivity index (χ0n) is 17.7. The van der Waals surface area contributed by atoms with Gasteiger partial charge in [0.05, 0.1) is 11.6 Å². The summed E-state index contributed by atoms with van der Waals surface area (Å²) in [4.78, 5) is 25.5. The van der Waals surface area contributed by atoms with Crippen molar-refractivity contribution in [3.05, 3.63) is 42.2 Å². The Kier molecular flexibility index (Phi) is 4.31. The lowest BCUT2D eigenvalue weighted by molar-refractivity contribution is -0.148. The summed E-state index contributed by atoms with van der Waals surface area (Å²) >= 11 is 0. The largest absolute Gasteiger partial charge is 0.369 e. The molecule has 4 fully saturated rings. The predicted molar refractivity (Wildman–Crippen MR) is 114 cm³/mol. The number of primary amides is 1. The third-order valence-corrected chi connectivity index (χ3v) is 8.10. The molecule has 0 saturated heterocycles. The van der Waals surface area contributed by atoms with E-state index in [1.165, 1.54) is 0 Å². The first-order chi connectivity index (χ1) is 14.3. The van der Waals surface area contributed by atoms with Crippen molar-refractivity contribution in [2.75, 3.05) is 0 Å². The maximum Gasteiger partial charge on any atom is 0.230 e. The van der Waals surface area contributed by atoms with Crippen LogP contribution >= 0.6 is 0 Å². The molecule has 4 aliphatic rings. The molecule has 30 heavy (non-hydrogen) atoms. The molecule has 1 aromatic carbocycles. The van der Waals surface area contributed by atoms with Gasteiger partial charge >= 0.3 is 0 Å². The Balaban J connectivity index is 1.32. The summed E-state index contributed by atoms with van der Waals surface area (Å²) in [5.41, 5.74) is 7.93. The number of H-pyrrole nitrogens is 1. The zero-order valence-corrected chi connectivity index (χ0v) is 17.7. The standard InChI is InChI=1S/C24H30N4O2/c1-23(2,19-5-3-15(4-6-19)18-12-26-27-13-18)22(30)28-20-16-7-14-8-17(20)11-24(9-14,10-16)21(25)29/h3-6,12-14,16-17,20H,7-11H2,1-2H3,(H2,25,29)(H,26,27)(H,28,30). The van der Waals surface area contributed by atoms with Crippen molar-refractivity contribution in [3.63, 3.8) is 0 Å². The van der Waals surface area contributed by atoms with Crippen LogP contribution in [0.3, 0.4) is 0 Å². The first-order valence-corrected chi connectivity index (χ1v) is 11.0.